The number of likely N-dealkylation sites (N-methyl/N-ethyl adjacent to an activating group) is 1. The zero-order chi connectivity index (χ0) is 11.1. The van der Waals surface area contributed by atoms with Crippen LogP contribution in [-0.2, 0) is 11.3 Å². The predicted octanol–water partition coefficient (Wildman–Crippen LogP) is 0.368. The number of hydrogen-bond donors (Lipinski definition) is 2. The molecule has 0 spiro atoms. The van der Waals surface area contributed by atoms with Crippen molar-refractivity contribution in [3.63, 3.8) is 0 Å². The van der Waals surface area contributed by atoms with E-state index >= 15 is 0 Å². The third-order valence-electron chi connectivity index (χ3n) is 2.24. The standard InChI is InChI=1S/C10H18N4O/c1-3-14(4-2)10(15)8-11-7-9-12-5-6-13-9/h5-6,11H,3-4,7-8H2,1-2H3,(H,12,13). The van der Waals surface area contributed by atoms with Gasteiger partial charge in [0.1, 0.15) is 5.82 Å². The van der Waals surface area contributed by atoms with E-state index in [1.807, 2.05) is 13.8 Å². The molecule has 0 fully saturated rings. The number of imidazole rings is 1. The molecule has 5 heteroatoms. The van der Waals surface area contributed by atoms with Gasteiger partial charge in [0.05, 0.1) is 13.1 Å². The first-order valence-corrected chi connectivity index (χ1v) is 5.24. The van der Waals surface area contributed by atoms with Gasteiger partial charge < -0.3 is 15.2 Å². The molecule has 0 radical (unpaired) electrons. The highest BCUT2D eigenvalue weighted by atomic mass is 16.2. The molecule has 0 atom stereocenters. The van der Waals surface area contributed by atoms with Crippen LogP contribution in [0.4, 0.5) is 0 Å². The quantitative estimate of drug-likeness (QED) is 0.713. The fraction of sp³-hybridized carbons (Fsp3) is 0.600. The second kappa shape index (κ2) is 6.19. The topological polar surface area (TPSA) is 61.0 Å². The Hall–Kier alpha value is -1.36. The summed E-state index contributed by atoms with van der Waals surface area (Å²) >= 11 is 0. The first kappa shape index (κ1) is 11.7. The van der Waals surface area contributed by atoms with Gasteiger partial charge in [-0.2, -0.15) is 0 Å². The van der Waals surface area contributed by atoms with E-state index in [2.05, 4.69) is 15.3 Å². The van der Waals surface area contributed by atoms with Crippen molar-refractivity contribution in [2.45, 2.75) is 20.4 Å². The molecule has 0 aliphatic rings. The maximum Gasteiger partial charge on any atom is 0.236 e. The molecule has 15 heavy (non-hydrogen) atoms. The fourth-order valence-corrected chi connectivity index (χ4v) is 1.37. The highest BCUT2D eigenvalue weighted by molar-refractivity contribution is 5.78. The highest BCUT2D eigenvalue weighted by Crippen LogP contribution is 1.89. The molecule has 5 nitrogen and oxygen atoms in total. The third-order valence-corrected chi connectivity index (χ3v) is 2.24. The highest BCUT2D eigenvalue weighted by Gasteiger charge is 2.08. The number of rotatable bonds is 6. The van der Waals surface area contributed by atoms with Crippen LogP contribution in [-0.4, -0.2) is 40.4 Å². The summed E-state index contributed by atoms with van der Waals surface area (Å²) in [5.41, 5.74) is 0. The largest absolute Gasteiger partial charge is 0.348 e. The number of carbonyl (C=O) groups excluding carboxylic acids is 1. The van der Waals surface area contributed by atoms with E-state index in [1.165, 1.54) is 0 Å². The Kier molecular flexibility index (Phi) is 4.83. The number of H-pyrrole nitrogens is 1. The van der Waals surface area contributed by atoms with Gasteiger partial charge in [0.2, 0.25) is 5.91 Å². The first-order valence-electron chi connectivity index (χ1n) is 5.24. The summed E-state index contributed by atoms with van der Waals surface area (Å²) in [4.78, 5) is 20.4. The smallest absolute Gasteiger partial charge is 0.236 e. The van der Waals surface area contributed by atoms with Crippen LogP contribution < -0.4 is 5.32 Å². The van der Waals surface area contributed by atoms with Gasteiger partial charge in [-0.1, -0.05) is 0 Å². The van der Waals surface area contributed by atoms with E-state index < -0.39 is 0 Å². The molecular weight excluding hydrogens is 192 g/mol. The Morgan fingerprint density at radius 3 is 2.80 bits per heavy atom. The van der Waals surface area contributed by atoms with Gasteiger partial charge >= 0.3 is 0 Å². The number of nitrogens with zero attached hydrogens (tertiary/aromatic N) is 2. The Bertz CT molecular complexity index is 280. The van der Waals surface area contributed by atoms with Gasteiger partial charge in [-0.15, -0.1) is 0 Å². The number of amides is 1. The van der Waals surface area contributed by atoms with E-state index in [0.29, 0.717) is 13.1 Å². The van der Waals surface area contributed by atoms with Gasteiger partial charge in [0, 0.05) is 25.5 Å². The molecule has 0 saturated carbocycles. The van der Waals surface area contributed by atoms with Crippen LogP contribution in [0, 0.1) is 0 Å². The lowest BCUT2D eigenvalue weighted by Gasteiger charge is -2.18. The normalized spacial score (nSPS) is 10.3. The van der Waals surface area contributed by atoms with Gasteiger partial charge in [-0.3, -0.25) is 4.79 Å². The molecule has 1 aromatic rings. The number of carbonyl (C=O) groups is 1. The Labute approximate surface area is 89.9 Å². The second-order valence-corrected chi connectivity index (χ2v) is 3.21. The monoisotopic (exact) mass is 210 g/mol. The lowest BCUT2D eigenvalue weighted by atomic mass is 10.4. The molecular formula is C10H18N4O. The number of aromatic amines is 1. The summed E-state index contributed by atoms with van der Waals surface area (Å²) in [6, 6.07) is 0. The van der Waals surface area contributed by atoms with E-state index in [9.17, 15) is 4.79 Å². The van der Waals surface area contributed by atoms with Crippen LogP contribution in [0.1, 0.15) is 19.7 Å². The summed E-state index contributed by atoms with van der Waals surface area (Å²) in [7, 11) is 0. The van der Waals surface area contributed by atoms with Gasteiger partial charge in [0.25, 0.3) is 0 Å². The molecule has 0 bridgehead atoms. The zero-order valence-electron chi connectivity index (χ0n) is 9.29. The van der Waals surface area contributed by atoms with Crippen LogP contribution in [0.15, 0.2) is 12.4 Å². The van der Waals surface area contributed by atoms with E-state index in [-0.39, 0.29) is 5.91 Å². The number of nitrogens with one attached hydrogen (secondary N) is 2. The summed E-state index contributed by atoms with van der Waals surface area (Å²) in [5.74, 6) is 0.980. The maximum atomic E-state index is 11.6. The molecule has 1 rings (SSSR count). The Morgan fingerprint density at radius 1 is 1.53 bits per heavy atom. The molecule has 1 aromatic heterocycles. The van der Waals surface area contributed by atoms with Crippen molar-refractivity contribution in [1.29, 1.82) is 0 Å². The summed E-state index contributed by atoms with van der Waals surface area (Å²) in [6.45, 7) is 6.44. The first-order chi connectivity index (χ1) is 7.27. The van der Waals surface area contributed by atoms with E-state index in [4.69, 9.17) is 0 Å². The van der Waals surface area contributed by atoms with Crippen LogP contribution in [0.3, 0.4) is 0 Å². The molecule has 0 aliphatic heterocycles. The number of hydrogen-bond acceptors (Lipinski definition) is 3. The van der Waals surface area contributed by atoms with Gasteiger partial charge in [0.15, 0.2) is 0 Å². The Balaban J connectivity index is 2.22. The molecule has 0 saturated heterocycles. The predicted molar refractivity (Wildman–Crippen MR) is 58.2 cm³/mol. The second-order valence-electron chi connectivity index (χ2n) is 3.21. The van der Waals surface area contributed by atoms with Gasteiger partial charge in [-0.05, 0) is 13.8 Å². The minimum Gasteiger partial charge on any atom is -0.348 e. The maximum absolute atomic E-state index is 11.6. The lowest BCUT2D eigenvalue weighted by molar-refractivity contribution is -0.129. The summed E-state index contributed by atoms with van der Waals surface area (Å²) < 4.78 is 0. The molecule has 0 aromatic carbocycles. The van der Waals surface area contributed by atoms with Crippen molar-refractivity contribution in [3.8, 4) is 0 Å². The molecule has 1 amide bonds. The minimum absolute atomic E-state index is 0.131. The number of aromatic nitrogens is 2. The van der Waals surface area contributed by atoms with Crippen molar-refractivity contribution in [3.05, 3.63) is 18.2 Å². The van der Waals surface area contributed by atoms with Crippen molar-refractivity contribution in [2.24, 2.45) is 0 Å². The molecule has 0 unspecified atom stereocenters. The zero-order valence-corrected chi connectivity index (χ0v) is 9.29. The molecule has 2 N–H and O–H groups in total. The van der Waals surface area contributed by atoms with E-state index in [1.54, 1.807) is 17.3 Å². The van der Waals surface area contributed by atoms with Crippen LogP contribution in [0.2, 0.25) is 0 Å². The minimum atomic E-state index is 0.131. The molecule has 84 valence electrons. The lowest BCUT2D eigenvalue weighted by Crippen LogP contribution is -2.37. The molecule has 1 heterocycles. The summed E-state index contributed by atoms with van der Waals surface area (Å²) in [6.07, 6.45) is 3.46. The average Bonchev–Trinajstić information content (AvgIpc) is 2.72. The van der Waals surface area contributed by atoms with Crippen LogP contribution in [0.5, 0.6) is 0 Å². The summed E-state index contributed by atoms with van der Waals surface area (Å²) in [5, 5.41) is 3.05. The third kappa shape index (κ3) is 3.71. The van der Waals surface area contributed by atoms with Crippen molar-refractivity contribution in [2.75, 3.05) is 19.6 Å². The van der Waals surface area contributed by atoms with Gasteiger partial charge in [-0.25, -0.2) is 4.98 Å². The SMILES string of the molecule is CCN(CC)C(=O)CNCc1ncc[nH]1. The van der Waals surface area contributed by atoms with Crippen LogP contribution >= 0.6 is 0 Å². The fourth-order valence-electron chi connectivity index (χ4n) is 1.37. The molecule has 0 aliphatic carbocycles. The Morgan fingerprint density at radius 2 is 2.27 bits per heavy atom. The van der Waals surface area contributed by atoms with Crippen molar-refractivity contribution in [1.82, 2.24) is 20.2 Å². The van der Waals surface area contributed by atoms with E-state index in [0.717, 1.165) is 18.9 Å². The van der Waals surface area contributed by atoms with Crippen molar-refractivity contribution >= 4 is 5.91 Å². The average molecular weight is 210 g/mol. The van der Waals surface area contributed by atoms with Crippen molar-refractivity contribution < 1.29 is 4.79 Å². The van der Waals surface area contributed by atoms with Crippen LogP contribution in [0.25, 0.3) is 0 Å².